The van der Waals surface area contributed by atoms with Crippen LogP contribution in [0.15, 0.2) is 48.6 Å². The smallest absolute Gasteiger partial charge is 0.306 e. The summed E-state index contributed by atoms with van der Waals surface area (Å²) < 4.78 is 16.7. The first-order chi connectivity index (χ1) is 28.5. The molecule has 0 aromatic rings. The molecule has 0 aliphatic heterocycles. The largest absolute Gasteiger partial charge is 0.462 e. The summed E-state index contributed by atoms with van der Waals surface area (Å²) in [5.41, 5.74) is 0. The topological polar surface area (TPSA) is 78.9 Å². The van der Waals surface area contributed by atoms with Gasteiger partial charge in [0.1, 0.15) is 13.2 Å². The lowest BCUT2D eigenvalue weighted by Crippen LogP contribution is -2.30. The van der Waals surface area contributed by atoms with Crippen molar-refractivity contribution in [1.82, 2.24) is 0 Å². The standard InChI is InChI=1S/C52H92O6/c1-4-7-10-13-16-19-22-24-25-26-27-28-31-34-37-40-43-46-52(55)58-49(47-56-50(53)44-41-38-35-32-29-21-18-15-12-9-6-3)48-57-51(54)45-42-39-36-33-30-23-20-17-14-11-8-5-2/h15,18,24-25,27-28,34,37,49H,4-14,16-17,19-23,26,29-33,35-36,38-48H2,1-3H3/b18-15-,25-24-,28-27-,37-34-/t49-/m1/s1. The van der Waals surface area contributed by atoms with Crippen molar-refractivity contribution >= 4 is 17.9 Å². The molecule has 6 nitrogen and oxygen atoms in total. The van der Waals surface area contributed by atoms with Crippen LogP contribution in [0.25, 0.3) is 0 Å². The van der Waals surface area contributed by atoms with Crippen molar-refractivity contribution in [1.29, 1.82) is 0 Å². The lowest BCUT2D eigenvalue weighted by atomic mass is 10.0. The van der Waals surface area contributed by atoms with E-state index >= 15 is 0 Å². The Morgan fingerprint density at radius 3 is 1.09 bits per heavy atom. The van der Waals surface area contributed by atoms with Crippen molar-refractivity contribution in [3.05, 3.63) is 48.6 Å². The van der Waals surface area contributed by atoms with Crippen LogP contribution in [0.3, 0.4) is 0 Å². The van der Waals surface area contributed by atoms with Gasteiger partial charge in [-0.1, -0.05) is 204 Å². The first kappa shape index (κ1) is 55.4. The van der Waals surface area contributed by atoms with Crippen molar-refractivity contribution in [2.45, 2.75) is 252 Å². The maximum atomic E-state index is 12.7. The molecule has 0 N–H and O–H groups in total. The molecule has 0 aliphatic rings. The van der Waals surface area contributed by atoms with Crippen LogP contribution < -0.4 is 0 Å². The maximum absolute atomic E-state index is 12.7. The number of hydrogen-bond donors (Lipinski definition) is 0. The first-order valence-corrected chi connectivity index (χ1v) is 24.6. The van der Waals surface area contributed by atoms with E-state index in [1.807, 2.05) is 0 Å². The maximum Gasteiger partial charge on any atom is 0.306 e. The van der Waals surface area contributed by atoms with Crippen LogP contribution in [0.2, 0.25) is 0 Å². The Hall–Kier alpha value is -2.63. The SMILES string of the molecule is CCCC/C=C\CCCCCCCC(=O)OC[C@H](COC(=O)CCCCCCCCCCCCCC)OC(=O)CCC/C=C\C/C=C\C/C=C\CCCCCCCC. The molecule has 0 saturated heterocycles. The number of allylic oxidation sites excluding steroid dienone is 8. The minimum Gasteiger partial charge on any atom is -0.462 e. The molecule has 58 heavy (non-hydrogen) atoms. The third kappa shape index (κ3) is 44.5. The molecular weight excluding hydrogens is 721 g/mol. The Balaban J connectivity index is 4.45. The molecule has 0 saturated carbocycles. The van der Waals surface area contributed by atoms with Crippen LogP contribution in [0.5, 0.6) is 0 Å². The Kier molecular flexibility index (Phi) is 44.9. The quantitative estimate of drug-likeness (QED) is 0.0264. The van der Waals surface area contributed by atoms with E-state index < -0.39 is 6.10 Å². The molecule has 0 fully saturated rings. The highest BCUT2D eigenvalue weighted by Crippen LogP contribution is 2.14. The number of carbonyl (C=O) groups is 3. The van der Waals surface area contributed by atoms with E-state index in [1.54, 1.807) is 0 Å². The molecule has 0 aromatic heterocycles. The van der Waals surface area contributed by atoms with Crippen LogP contribution in [0, 0.1) is 0 Å². The summed E-state index contributed by atoms with van der Waals surface area (Å²) in [5, 5.41) is 0. The second kappa shape index (κ2) is 47.1. The van der Waals surface area contributed by atoms with Gasteiger partial charge in [-0.25, -0.2) is 0 Å². The van der Waals surface area contributed by atoms with Crippen LogP contribution in [0.4, 0.5) is 0 Å². The predicted octanol–water partition coefficient (Wildman–Crippen LogP) is 15.9. The zero-order chi connectivity index (χ0) is 42.3. The summed E-state index contributed by atoms with van der Waals surface area (Å²) >= 11 is 0. The molecule has 0 bridgehead atoms. The van der Waals surface area contributed by atoms with E-state index in [0.29, 0.717) is 19.3 Å². The van der Waals surface area contributed by atoms with E-state index in [-0.39, 0.29) is 37.5 Å². The van der Waals surface area contributed by atoms with Crippen LogP contribution >= 0.6 is 0 Å². The zero-order valence-corrected chi connectivity index (χ0v) is 38.3. The number of ether oxygens (including phenoxy) is 3. The fraction of sp³-hybridized carbons (Fsp3) is 0.788. The summed E-state index contributed by atoms with van der Waals surface area (Å²) in [6, 6.07) is 0. The summed E-state index contributed by atoms with van der Waals surface area (Å²) in [7, 11) is 0. The fourth-order valence-corrected chi connectivity index (χ4v) is 6.79. The van der Waals surface area contributed by atoms with Crippen LogP contribution in [0.1, 0.15) is 245 Å². The van der Waals surface area contributed by atoms with Gasteiger partial charge in [-0.15, -0.1) is 0 Å². The van der Waals surface area contributed by atoms with Crippen molar-refractivity contribution in [3.8, 4) is 0 Å². The van der Waals surface area contributed by atoms with Crippen LogP contribution in [-0.2, 0) is 28.6 Å². The molecule has 0 aliphatic carbocycles. The van der Waals surface area contributed by atoms with Crippen molar-refractivity contribution in [2.24, 2.45) is 0 Å². The average Bonchev–Trinajstić information content (AvgIpc) is 3.22. The van der Waals surface area contributed by atoms with E-state index in [2.05, 4.69) is 69.4 Å². The minimum absolute atomic E-state index is 0.0938. The van der Waals surface area contributed by atoms with Gasteiger partial charge >= 0.3 is 17.9 Å². The molecule has 0 spiro atoms. The van der Waals surface area contributed by atoms with Gasteiger partial charge in [0.2, 0.25) is 0 Å². The van der Waals surface area contributed by atoms with Gasteiger partial charge < -0.3 is 14.2 Å². The van der Waals surface area contributed by atoms with Gasteiger partial charge in [0.15, 0.2) is 6.10 Å². The Morgan fingerprint density at radius 1 is 0.345 bits per heavy atom. The normalized spacial score (nSPS) is 12.4. The average molecular weight is 813 g/mol. The van der Waals surface area contributed by atoms with Crippen molar-refractivity contribution < 1.29 is 28.6 Å². The third-order valence-electron chi connectivity index (χ3n) is 10.6. The molecule has 0 amide bonds. The van der Waals surface area contributed by atoms with Gasteiger partial charge in [0.05, 0.1) is 0 Å². The molecule has 1 atom stereocenters. The minimum atomic E-state index is -0.798. The molecule has 336 valence electrons. The molecule has 0 aromatic carbocycles. The highest BCUT2D eigenvalue weighted by Gasteiger charge is 2.19. The van der Waals surface area contributed by atoms with Crippen molar-refractivity contribution in [3.63, 3.8) is 0 Å². The van der Waals surface area contributed by atoms with Crippen molar-refractivity contribution in [2.75, 3.05) is 13.2 Å². The molecule has 0 radical (unpaired) electrons. The Morgan fingerprint density at radius 2 is 0.655 bits per heavy atom. The van der Waals surface area contributed by atoms with E-state index in [4.69, 9.17) is 14.2 Å². The number of esters is 3. The van der Waals surface area contributed by atoms with Crippen LogP contribution in [-0.4, -0.2) is 37.2 Å². The van der Waals surface area contributed by atoms with E-state index in [1.165, 1.54) is 135 Å². The Labute approximate surface area is 358 Å². The predicted molar refractivity (Wildman–Crippen MR) is 247 cm³/mol. The second-order valence-corrected chi connectivity index (χ2v) is 16.4. The van der Waals surface area contributed by atoms with Gasteiger partial charge in [-0.2, -0.15) is 0 Å². The van der Waals surface area contributed by atoms with E-state index in [0.717, 1.165) is 64.2 Å². The molecule has 0 unspecified atom stereocenters. The third-order valence-corrected chi connectivity index (χ3v) is 10.6. The highest BCUT2D eigenvalue weighted by atomic mass is 16.6. The Bertz CT molecular complexity index is 1030. The summed E-state index contributed by atoms with van der Waals surface area (Å²) in [5.74, 6) is -0.954. The summed E-state index contributed by atoms with van der Waals surface area (Å²) in [4.78, 5) is 37.8. The number of carbonyl (C=O) groups excluding carboxylic acids is 3. The van der Waals surface area contributed by atoms with E-state index in [9.17, 15) is 14.4 Å². The molecule has 0 rings (SSSR count). The summed E-state index contributed by atoms with van der Waals surface area (Å²) in [6.07, 6.45) is 55.3. The van der Waals surface area contributed by atoms with Gasteiger partial charge in [0, 0.05) is 19.3 Å². The fourth-order valence-electron chi connectivity index (χ4n) is 6.79. The lowest BCUT2D eigenvalue weighted by Gasteiger charge is -2.18. The molecule has 6 heteroatoms. The second-order valence-electron chi connectivity index (χ2n) is 16.4. The van der Waals surface area contributed by atoms with Gasteiger partial charge in [-0.05, 0) is 70.6 Å². The highest BCUT2D eigenvalue weighted by molar-refractivity contribution is 5.71. The lowest BCUT2D eigenvalue weighted by molar-refractivity contribution is -0.167. The number of rotatable bonds is 44. The summed E-state index contributed by atoms with van der Waals surface area (Å²) in [6.45, 7) is 6.54. The first-order valence-electron chi connectivity index (χ1n) is 24.6. The van der Waals surface area contributed by atoms with Gasteiger partial charge in [-0.3, -0.25) is 14.4 Å². The molecule has 0 heterocycles. The molecular formula is C52H92O6. The number of hydrogen-bond acceptors (Lipinski definition) is 6. The van der Waals surface area contributed by atoms with Gasteiger partial charge in [0.25, 0.3) is 0 Å². The zero-order valence-electron chi connectivity index (χ0n) is 38.3. The monoisotopic (exact) mass is 813 g/mol. The number of unbranched alkanes of at least 4 members (excludes halogenated alkanes) is 25.